The lowest BCUT2D eigenvalue weighted by Gasteiger charge is -2.44. The van der Waals surface area contributed by atoms with Gasteiger partial charge in [0, 0.05) is 31.4 Å². The van der Waals surface area contributed by atoms with E-state index in [4.69, 9.17) is 10.00 Å². The molecule has 1 saturated carbocycles. The summed E-state index contributed by atoms with van der Waals surface area (Å²) in [7, 11) is 0. The molecule has 31 heavy (non-hydrogen) atoms. The van der Waals surface area contributed by atoms with Crippen molar-refractivity contribution in [3.63, 3.8) is 0 Å². The number of hydrogen-bond acceptors (Lipinski definition) is 5. The van der Waals surface area contributed by atoms with Crippen molar-refractivity contribution in [2.24, 2.45) is 0 Å². The van der Waals surface area contributed by atoms with E-state index in [0.717, 1.165) is 43.5 Å². The summed E-state index contributed by atoms with van der Waals surface area (Å²) < 4.78 is 19.8. The van der Waals surface area contributed by atoms with E-state index < -0.39 is 5.60 Å². The average Bonchev–Trinajstić information content (AvgIpc) is 3.02. The summed E-state index contributed by atoms with van der Waals surface area (Å²) in [6, 6.07) is 12.8. The normalized spacial score (nSPS) is 23.9. The highest BCUT2D eigenvalue weighted by atomic mass is 19.1. The molecule has 7 heteroatoms. The van der Waals surface area contributed by atoms with Crippen molar-refractivity contribution in [3.05, 3.63) is 59.5 Å². The number of fused-ring (bicyclic) bond motifs is 2. The Hall–Kier alpha value is -2.98. The third kappa shape index (κ3) is 3.66. The van der Waals surface area contributed by atoms with E-state index in [2.05, 4.69) is 16.0 Å². The number of carbonyl (C=O) groups is 1. The molecule has 2 atom stereocenters. The first-order chi connectivity index (χ1) is 15.1. The fourth-order valence-electron chi connectivity index (χ4n) is 5.16. The van der Waals surface area contributed by atoms with Gasteiger partial charge in [0.05, 0.1) is 11.2 Å². The molecule has 3 aliphatic rings. The third-order valence-corrected chi connectivity index (χ3v) is 6.96. The minimum atomic E-state index is -0.537. The molecule has 0 spiro atoms. The minimum absolute atomic E-state index is 0.00739. The molecule has 2 aliphatic heterocycles. The second-order valence-electron chi connectivity index (χ2n) is 8.75. The summed E-state index contributed by atoms with van der Waals surface area (Å²) in [5.74, 6) is 0.587. The highest BCUT2D eigenvalue weighted by molar-refractivity contribution is 5.78. The van der Waals surface area contributed by atoms with E-state index in [1.54, 1.807) is 18.3 Å². The van der Waals surface area contributed by atoms with Crippen molar-refractivity contribution in [2.45, 2.75) is 49.8 Å². The SMILES string of the molecule is N#Cc1ccc(N2C3CC[C@H]2CN(C(=O)COC2(c4cccc(F)c4)CCC2)C3)nc1. The van der Waals surface area contributed by atoms with Crippen LogP contribution in [0.3, 0.4) is 0 Å². The number of likely N-dealkylation sites (tertiary alicyclic amines) is 1. The first-order valence-electron chi connectivity index (χ1n) is 10.9. The fourth-order valence-corrected chi connectivity index (χ4v) is 5.16. The van der Waals surface area contributed by atoms with Gasteiger partial charge in [-0.25, -0.2) is 9.37 Å². The lowest BCUT2D eigenvalue weighted by Crippen LogP contribution is -2.56. The van der Waals surface area contributed by atoms with Crippen LogP contribution in [0.2, 0.25) is 0 Å². The van der Waals surface area contributed by atoms with Gasteiger partial charge < -0.3 is 14.5 Å². The maximum absolute atomic E-state index is 13.7. The second-order valence-corrected chi connectivity index (χ2v) is 8.75. The fraction of sp³-hybridized carbons (Fsp3) is 0.458. The molecule has 1 amide bonds. The van der Waals surface area contributed by atoms with Crippen molar-refractivity contribution < 1.29 is 13.9 Å². The summed E-state index contributed by atoms with van der Waals surface area (Å²) in [4.78, 5) is 21.6. The van der Waals surface area contributed by atoms with E-state index >= 15 is 0 Å². The van der Waals surface area contributed by atoms with E-state index in [1.165, 1.54) is 12.1 Å². The largest absolute Gasteiger partial charge is 0.360 e. The van der Waals surface area contributed by atoms with Gasteiger partial charge in [-0.3, -0.25) is 4.79 Å². The first kappa shape index (κ1) is 20.0. The monoisotopic (exact) mass is 420 g/mol. The van der Waals surface area contributed by atoms with Crippen LogP contribution in [0.1, 0.15) is 43.2 Å². The van der Waals surface area contributed by atoms with Gasteiger partial charge in [-0.15, -0.1) is 0 Å². The first-order valence-corrected chi connectivity index (χ1v) is 10.9. The quantitative estimate of drug-likeness (QED) is 0.742. The Labute approximate surface area is 181 Å². The molecule has 1 aromatic carbocycles. The highest BCUT2D eigenvalue weighted by Gasteiger charge is 2.44. The Morgan fingerprint density at radius 1 is 1.23 bits per heavy atom. The number of ether oxygens (including phenoxy) is 1. The predicted molar refractivity (Wildman–Crippen MR) is 113 cm³/mol. The average molecular weight is 420 g/mol. The van der Waals surface area contributed by atoms with E-state index in [0.29, 0.717) is 18.7 Å². The number of benzene rings is 1. The Balaban J connectivity index is 1.23. The van der Waals surface area contributed by atoms with E-state index in [-0.39, 0.29) is 30.4 Å². The molecule has 1 aliphatic carbocycles. The van der Waals surface area contributed by atoms with Crippen molar-refractivity contribution >= 4 is 11.7 Å². The number of rotatable bonds is 5. The molecular weight excluding hydrogens is 395 g/mol. The molecule has 5 rings (SSSR count). The van der Waals surface area contributed by atoms with Crippen LogP contribution in [-0.2, 0) is 15.1 Å². The summed E-state index contributed by atoms with van der Waals surface area (Å²) in [5, 5.41) is 8.99. The molecule has 160 valence electrons. The van der Waals surface area contributed by atoms with Crippen molar-refractivity contribution in [1.29, 1.82) is 5.26 Å². The third-order valence-electron chi connectivity index (χ3n) is 6.96. The van der Waals surface area contributed by atoms with Gasteiger partial charge in [-0.1, -0.05) is 12.1 Å². The van der Waals surface area contributed by atoms with Gasteiger partial charge in [-0.05, 0) is 61.9 Å². The van der Waals surface area contributed by atoms with E-state index in [1.807, 2.05) is 17.0 Å². The summed E-state index contributed by atoms with van der Waals surface area (Å²) >= 11 is 0. The van der Waals surface area contributed by atoms with Gasteiger partial charge >= 0.3 is 0 Å². The molecule has 6 nitrogen and oxygen atoms in total. The molecule has 0 radical (unpaired) electrons. The predicted octanol–water partition coefficient (Wildman–Crippen LogP) is 3.37. The number of aromatic nitrogens is 1. The smallest absolute Gasteiger partial charge is 0.248 e. The van der Waals surface area contributed by atoms with Crippen LogP contribution in [0.5, 0.6) is 0 Å². The van der Waals surface area contributed by atoms with Crippen LogP contribution >= 0.6 is 0 Å². The van der Waals surface area contributed by atoms with Gasteiger partial charge in [0.15, 0.2) is 0 Å². The highest BCUT2D eigenvalue weighted by Crippen LogP contribution is 2.45. The molecule has 1 unspecified atom stereocenters. The lowest BCUT2D eigenvalue weighted by atomic mass is 9.75. The molecule has 0 N–H and O–H groups in total. The number of piperazine rings is 1. The molecule has 3 heterocycles. The number of nitriles is 1. The molecular formula is C24H25FN4O2. The number of halogens is 1. The van der Waals surface area contributed by atoms with Crippen LogP contribution in [0.15, 0.2) is 42.6 Å². The molecule has 2 saturated heterocycles. The zero-order valence-electron chi connectivity index (χ0n) is 17.3. The number of anilines is 1. The van der Waals surface area contributed by atoms with Crippen LogP contribution in [-0.4, -0.2) is 47.6 Å². The Morgan fingerprint density at radius 3 is 2.58 bits per heavy atom. The summed E-state index contributed by atoms with van der Waals surface area (Å²) in [5.41, 5.74) is 0.832. The minimum Gasteiger partial charge on any atom is -0.360 e. The zero-order chi connectivity index (χ0) is 21.4. The maximum atomic E-state index is 13.7. The van der Waals surface area contributed by atoms with E-state index in [9.17, 15) is 9.18 Å². The number of carbonyl (C=O) groups excluding carboxylic acids is 1. The standard InChI is InChI=1S/C24H25FN4O2/c25-19-4-1-3-18(11-19)24(9-2-10-24)31-16-23(30)28-14-20-6-7-21(15-28)29(20)22-8-5-17(12-26)13-27-22/h1,3-5,8,11,13,20-21H,2,6-7,9-10,14-16H2/t20-,21?/m0/s1. The zero-order valence-corrected chi connectivity index (χ0v) is 17.3. The topological polar surface area (TPSA) is 69.5 Å². The Bertz CT molecular complexity index is 1000. The Morgan fingerprint density at radius 2 is 2.00 bits per heavy atom. The number of pyridine rings is 1. The van der Waals surface area contributed by atoms with Gasteiger partial charge in [0.1, 0.15) is 24.3 Å². The van der Waals surface area contributed by atoms with Gasteiger partial charge in [0.2, 0.25) is 5.91 Å². The van der Waals surface area contributed by atoms with Crippen LogP contribution in [0.4, 0.5) is 10.2 Å². The van der Waals surface area contributed by atoms with Crippen molar-refractivity contribution in [3.8, 4) is 6.07 Å². The number of amides is 1. The maximum Gasteiger partial charge on any atom is 0.248 e. The summed E-state index contributed by atoms with van der Waals surface area (Å²) in [6.45, 7) is 1.31. The molecule has 3 fully saturated rings. The molecule has 2 aromatic rings. The van der Waals surface area contributed by atoms with Crippen LogP contribution < -0.4 is 4.90 Å². The van der Waals surface area contributed by atoms with Crippen LogP contribution in [0.25, 0.3) is 0 Å². The van der Waals surface area contributed by atoms with Crippen molar-refractivity contribution in [2.75, 3.05) is 24.6 Å². The van der Waals surface area contributed by atoms with Gasteiger partial charge in [-0.2, -0.15) is 5.26 Å². The second kappa shape index (κ2) is 7.93. The number of nitrogens with zero attached hydrogens (tertiary/aromatic N) is 4. The summed E-state index contributed by atoms with van der Waals surface area (Å²) in [6.07, 6.45) is 6.28. The van der Waals surface area contributed by atoms with Gasteiger partial charge in [0.25, 0.3) is 0 Å². The number of hydrogen-bond donors (Lipinski definition) is 0. The van der Waals surface area contributed by atoms with Crippen LogP contribution in [0, 0.1) is 17.1 Å². The Kier molecular flexibility index (Phi) is 5.11. The lowest BCUT2D eigenvalue weighted by molar-refractivity contribution is -0.154. The molecule has 1 aromatic heterocycles. The van der Waals surface area contributed by atoms with Crippen molar-refractivity contribution in [1.82, 2.24) is 9.88 Å². The molecule has 2 bridgehead atoms.